The third kappa shape index (κ3) is 4.73. The average Bonchev–Trinajstić information content (AvgIpc) is 3.07. The molecule has 2 N–H and O–H groups in total. The quantitative estimate of drug-likeness (QED) is 0.740. The molecule has 0 aromatic heterocycles. The second kappa shape index (κ2) is 8.38. The maximum atomic E-state index is 12.2. The fourth-order valence-corrected chi connectivity index (χ4v) is 2.37. The lowest BCUT2D eigenvalue weighted by Crippen LogP contribution is -2.32. The molecule has 0 atom stereocenters. The van der Waals surface area contributed by atoms with E-state index >= 15 is 0 Å². The number of nitrogens with one attached hydrogen (secondary N) is 2. The van der Waals surface area contributed by atoms with Crippen LogP contribution in [0.5, 0.6) is 0 Å². The van der Waals surface area contributed by atoms with E-state index in [0.29, 0.717) is 18.7 Å². The molecule has 6 heteroatoms. The van der Waals surface area contributed by atoms with Crippen molar-refractivity contribution in [2.24, 2.45) is 0 Å². The molecular formula is C16H23N3O3. The summed E-state index contributed by atoms with van der Waals surface area (Å²) in [6, 6.07) is 7.25. The van der Waals surface area contributed by atoms with Gasteiger partial charge in [0.25, 0.3) is 5.91 Å². The molecule has 0 bridgehead atoms. The van der Waals surface area contributed by atoms with Gasteiger partial charge in [-0.2, -0.15) is 0 Å². The highest BCUT2D eigenvalue weighted by Crippen LogP contribution is 2.15. The predicted octanol–water partition coefficient (Wildman–Crippen LogP) is 1.10. The van der Waals surface area contributed by atoms with Crippen molar-refractivity contribution >= 4 is 17.5 Å². The number of anilines is 1. The zero-order chi connectivity index (χ0) is 15.8. The van der Waals surface area contributed by atoms with Gasteiger partial charge in [-0.25, -0.2) is 0 Å². The molecule has 0 saturated carbocycles. The average molecular weight is 305 g/mol. The van der Waals surface area contributed by atoms with Crippen molar-refractivity contribution in [1.29, 1.82) is 0 Å². The van der Waals surface area contributed by atoms with Crippen molar-refractivity contribution in [3.8, 4) is 0 Å². The highest BCUT2D eigenvalue weighted by molar-refractivity contribution is 5.94. The fourth-order valence-electron chi connectivity index (χ4n) is 2.37. The maximum Gasteiger partial charge on any atom is 0.253 e. The van der Waals surface area contributed by atoms with Crippen LogP contribution in [0.4, 0.5) is 5.69 Å². The Morgan fingerprint density at radius 1 is 1.18 bits per heavy atom. The van der Waals surface area contributed by atoms with Gasteiger partial charge < -0.3 is 20.3 Å². The summed E-state index contributed by atoms with van der Waals surface area (Å²) in [6.07, 6.45) is 2.17. The van der Waals surface area contributed by atoms with E-state index in [1.807, 2.05) is 17.0 Å². The predicted molar refractivity (Wildman–Crippen MR) is 85.0 cm³/mol. The van der Waals surface area contributed by atoms with Crippen LogP contribution in [0.3, 0.4) is 0 Å². The summed E-state index contributed by atoms with van der Waals surface area (Å²) in [5.41, 5.74) is 1.51. The number of rotatable bonds is 7. The molecule has 120 valence electrons. The monoisotopic (exact) mass is 305 g/mol. The standard InChI is InChI=1S/C16H23N3O3/c1-22-11-8-17-15(20)12-18-14-6-4-13(5-7-14)16(21)19-9-2-3-10-19/h4-7,18H,2-3,8-12H2,1H3,(H,17,20). The van der Waals surface area contributed by atoms with Crippen molar-refractivity contribution < 1.29 is 14.3 Å². The van der Waals surface area contributed by atoms with E-state index in [2.05, 4.69) is 10.6 Å². The molecule has 2 rings (SSSR count). The molecule has 0 aliphatic carbocycles. The first-order valence-electron chi connectivity index (χ1n) is 7.59. The van der Waals surface area contributed by atoms with E-state index < -0.39 is 0 Å². The number of hydrogen-bond donors (Lipinski definition) is 2. The molecule has 1 aromatic carbocycles. The van der Waals surface area contributed by atoms with Crippen molar-refractivity contribution in [2.75, 3.05) is 45.2 Å². The number of methoxy groups -OCH3 is 1. The molecule has 1 aromatic rings. The summed E-state index contributed by atoms with van der Waals surface area (Å²) < 4.78 is 4.86. The minimum absolute atomic E-state index is 0.0846. The van der Waals surface area contributed by atoms with Gasteiger partial charge in [-0.3, -0.25) is 9.59 Å². The summed E-state index contributed by atoms with van der Waals surface area (Å²) in [5, 5.41) is 5.76. The first kappa shape index (κ1) is 16.3. The van der Waals surface area contributed by atoms with E-state index in [1.165, 1.54) is 0 Å². The Kier molecular flexibility index (Phi) is 6.21. The highest BCUT2D eigenvalue weighted by Gasteiger charge is 2.19. The summed E-state index contributed by atoms with van der Waals surface area (Å²) in [4.78, 5) is 25.6. The van der Waals surface area contributed by atoms with Crippen molar-refractivity contribution in [3.05, 3.63) is 29.8 Å². The minimum Gasteiger partial charge on any atom is -0.383 e. The number of likely N-dealkylation sites (tertiary alicyclic amines) is 1. The van der Waals surface area contributed by atoms with Gasteiger partial charge in [0.1, 0.15) is 0 Å². The second-order valence-electron chi connectivity index (χ2n) is 5.27. The first-order valence-corrected chi connectivity index (χ1v) is 7.59. The topological polar surface area (TPSA) is 70.7 Å². The Morgan fingerprint density at radius 3 is 2.50 bits per heavy atom. The number of amides is 2. The Morgan fingerprint density at radius 2 is 1.86 bits per heavy atom. The second-order valence-corrected chi connectivity index (χ2v) is 5.27. The number of nitrogens with zero attached hydrogens (tertiary/aromatic N) is 1. The molecule has 2 amide bonds. The summed E-state index contributed by atoms with van der Waals surface area (Å²) >= 11 is 0. The fraction of sp³-hybridized carbons (Fsp3) is 0.500. The lowest BCUT2D eigenvalue weighted by Gasteiger charge is -2.15. The number of benzene rings is 1. The van der Waals surface area contributed by atoms with Gasteiger partial charge in [-0.05, 0) is 37.1 Å². The number of ether oxygens (including phenoxy) is 1. The third-order valence-corrected chi connectivity index (χ3v) is 3.61. The Hall–Kier alpha value is -2.08. The first-order chi connectivity index (χ1) is 10.7. The Bertz CT molecular complexity index is 496. The van der Waals surface area contributed by atoms with Crippen LogP contribution in [0.1, 0.15) is 23.2 Å². The zero-order valence-corrected chi connectivity index (χ0v) is 12.9. The number of carbonyl (C=O) groups excluding carboxylic acids is 2. The molecule has 1 heterocycles. The van der Waals surface area contributed by atoms with Crippen LogP contribution < -0.4 is 10.6 Å². The van der Waals surface area contributed by atoms with Crippen LogP contribution in [-0.4, -0.2) is 56.6 Å². The molecule has 1 aliphatic heterocycles. The van der Waals surface area contributed by atoms with Gasteiger partial charge in [0, 0.05) is 38.0 Å². The maximum absolute atomic E-state index is 12.2. The van der Waals surface area contributed by atoms with Crippen LogP contribution in [-0.2, 0) is 9.53 Å². The smallest absolute Gasteiger partial charge is 0.253 e. The van der Waals surface area contributed by atoms with Crippen LogP contribution >= 0.6 is 0 Å². The van der Waals surface area contributed by atoms with E-state index in [4.69, 9.17) is 4.74 Å². The number of hydrogen-bond acceptors (Lipinski definition) is 4. The largest absolute Gasteiger partial charge is 0.383 e. The normalized spacial score (nSPS) is 14.0. The van der Waals surface area contributed by atoms with Gasteiger partial charge in [0.15, 0.2) is 0 Å². The zero-order valence-electron chi connectivity index (χ0n) is 12.9. The lowest BCUT2D eigenvalue weighted by atomic mass is 10.2. The van der Waals surface area contributed by atoms with E-state index in [9.17, 15) is 9.59 Å². The molecule has 1 saturated heterocycles. The van der Waals surface area contributed by atoms with Gasteiger partial charge in [-0.1, -0.05) is 0 Å². The summed E-state index contributed by atoms with van der Waals surface area (Å²) in [5.74, 6) is -0.00405. The summed E-state index contributed by atoms with van der Waals surface area (Å²) in [6.45, 7) is 2.89. The van der Waals surface area contributed by atoms with Gasteiger partial charge in [0.05, 0.1) is 13.2 Å². The Labute approximate surface area is 130 Å². The van der Waals surface area contributed by atoms with Crippen LogP contribution in [0.15, 0.2) is 24.3 Å². The molecule has 0 spiro atoms. The van der Waals surface area contributed by atoms with Gasteiger partial charge >= 0.3 is 0 Å². The number of carbonyl (C=O) groups is 2. The van der Waals surface area contributed by atoms with Crippen LogP contribution in [0.25, 0.3) is 0 Å². The van der Waals surface area contributed by atoms with Gasteiger partial charge in [0.2, 0.25) is 5.91 Å². The molecular weight excluding hydrogens is 282 g/mol. The molecule has 1 fully saturated rings. The highest BCUT2D eigenvalue weighted by atomic mass is 16.5. The van der Waals surface area contributed by atoms with Crippen LogP contribution in [0.2, 0.25) is 0 Å². The SMILES string of the molecule is COCCNC(=O)CNc1ccc(C(=O)N2CCCC2)cc1. The van der Waals surface area contributed by atoms with Gasteiger partial charge in [-0.15, -0.1) is 0 Å². The van der Waals surface area contributed by atoms with Crippen molar-refractivity contribution in [2.45, 2.75) is 12.8 Å². The molecule has 0 radical (unpaired) electrons. The molecule has 22 heavy (non-hydrogen) atoms. The van der Waals surface area contributed by atoms with E-state index in [-0.39, 0.29) is 18.4 Å². The minimum atomic E-state index is -0.0886. The van der Waals surface area contributed by atoms with E-state index in [1.54, 1.807) is 19.2 Å². The van der Waals surface area contributed by atoms with E-state index in [0.717, 1.165) is 31.6 Å². The third-order valence-electron chi connectivity index (χ3n) is 3.61. The van der Waals surface area contributed by atoms with Crippen LogP contribution in [0, 0.1) is 0 Å². The Balaban J connectivity index is 1.79. The summed E-state index contributed by atoms with van der Waals surface area (Å²) in [7, 11) is 1.59. The molecule has 0 unspecified atom stereocenters. The molecule has 6 nitrogen and oxygen atoms in total. The lowest BCUT2D eigenvalue weighted by molar-refractivity contribution is -0.119. The van der Waals surface area contributed by atoms with Crippen molar-refractivity contribution in [3.63, 3.8) is 0 Å². The molecule has 1 aliphatic rings. The van der Waals surface area contributed by atoms with Crippen molar-refractivity contribution in [1.82, 2.24) is 10.2 Å².